The maximum Gasteiger partial charge on any atom is 0.315 e. The van der Waals surface area contributed by atoms with Crippen LogP contribution in [0.2, 0.25) is 0 Å². The van der Waals surface area contributed by atoms with Crippen molar-refractivity contribution in [3.63, 3.8) is 0 Å². The van der Waals surface area contributed by atoms with Gasteiger partial charge in [0.2, 0.25) is 23.5 Å². The Kier molecular flexibility index (Phi) is 10.9. The maximum absolute atomic E-state index is 14.0. The number of hydrogen-bond acceptors (Lipinski definition) is 6. The van der Waals surface area contributed by atoms with E-state index >= 15 is 0 Å². The van der Waals surface area contributed by atoms with Crippen LogP contribution in [-0.2, 0) is 24.0 Å². The largest absolute Gasteiger partial charge is 0.344 e. The van der Waals surface area contributed by atoms with Crippen LogP contribution in [0.4, 0.5) is 4.79 Å². The summed E-state index contributed by atoms with van der Waals surface area (Å²) in [6.07, 6.45) is 6.32. The molecule has 0 bridgehead atoms. The van der Waals surface area contributed by atoms with Crippen molar-refractivity contribution in [2.45, 2.75) is 97.7 Å². The number of hydrogen-bond donors (Lipinski definition) is 3. The van der Waals surface area contributed by atoms with Crippen molar-refractivity contribution in [3.05, 3.63) is 0 Å². The number of carbonyl (C=O) groups excluding carboxylic acids is 6. The molecule has 2 aliphatic carbocycles. The molecule has 11 heteroatoms. The molecule has 3 rings (SSSR count). The molecule has 2 saturated carbocycles. The highest BCUT2D eigenvalue weighted by Gasteiger charge is 2.46. The first kappa shape index (κ1) is 32.5. The molecule has 0 aromatic rings. The number of carbonyl (C=O) groups is 6. The van der Waals surface area contributed by atoms with Crippen LogP contribution in [0.3, 0.4) is 0 Å². The number of nitrogens with one attached hydrogen (secondary N) is 3. The number of nitrogens with zero attached hydrogens (tertiary/aromatic N) is 2. The van der Waals surface area contributed by atoms with Gasteiger partial charge in [0.1, 0.15) is 12.1 Å². The van der Waals surface area contributed by atoms with Crippen molar-refractivity contribution in [2.24, 2.45) is 29.1 Å². The SMILES string of the molecule is CC(C)C1CC(C(=O)NC(CC2CCC2)C(=O)C=O)N(C(=O)C(NC(=O)NCC(=O)N(C)CC2CC2)C(C)(C)C)C1. The standard InChI is InChI=1S/C30H49N5O6/c1-18(2)21-13-23(27(39)32-22(24(37)17-36)12-19-8-7-9-19)35(16-21)28(40)26(30(3,4)5)33-29(41)31-14-25(38)34(6)15-20-10-11-20/h17-23,26H,7-16H2,1-6H3,(H,32,39)(H2,31,33,41). The van der Waals surface area contributed by atoms with Crippen LogP contribution in [0.15, 0.2) is 0 Å². The molecular formula is C30H49N5O6. The summed E-state index contributed by atoms with van der Waals surface area (Å²) in [6.45, 7) is 10.4. The lowest BCUT2D eigenvalue weighted by atomic mass is 9.80. The fourth-order valence-corrected chi connectivity index (χ4v) is 5.58. The van der Waals surface area contributed by atoms with Gasteiger partial charge in [-0.2, -0.15) is 0 Å². The lowest BCUT2D eigenvalue weighted by Gasteiger charge is -2.36. The van der Waals surface area contributed by atoms with Crippen molar-refractivity contribution in [1.82, 2.24) is 25.8 Å². The molecule has 1 saturated heterocycles. The Morgan fingerprint density at radius 1 is 1.00 bits per heavy atom. The topological polar surface area (TPSA) is 145 Å². The lowest BCUT2D eigenvalue weighted by Crippen LogP contribution is -2.60. The first-order valence-corrected chi connectivity index (χ1v) is 15.1. The van der Waals surface area contributed by atoms with Gasteiger partial charge in [-0.05, 0) is 54.8 Å². The van der Waals surface area contributed by atoms with Crippen LogP contribution in [0, 0.1) is 29.1 Å². The molecule has 3 fully saturated rings. The fraction of sp³-hybridized carbons (Fsp3) is 0.800. The molecule has 1 heterocycles. The Hall–Kier alpha value is -2.98. The molecule has 0 radical (unpaired) electrons. The monoisotopic (exact) mass is 575 g/mol. The third-order valence-electron chi connectivity index (χ3n) is 8.88. The minimum atomic E-state index is -0.967. The molecule has 0 spiro atoms. The summed E-state index contributed by atoms with van der Waals surface area (Å²) in [5, 5.41) is 8.11. The number of likely N-dealkylation sites (tertiary alicyclic amines) is 1. The number of ketones is 1. The molecule has 0 aromatic heterocycles. The quantitative estimate of drug-likeness (QED) is 0.226. The van der Waals surface area contributed by atoms with E-state index in [-0.39, 0.29) is 30.6 Å². The summed E-state index contributed by atoms with van der Waals surface area (Å²) in [4.78, 5) is 79.6. The second kappa shape index (κ2) is 13.8. The van der Waals surface area contributed by atoms with E-state index in [4.69, 9.17) is 0 Å². The normalized spacial score (nSPS) is 22.4. The molecule has 3 N–H and O–H groups in total. The van der Waals surface area contributed by atoms with Crippen molar-refractivity contribution in [2.75, 3.05) is 26.7 Å². The Morgan fingerprint density at radius 2 is 1.66 bits per heavy atom. The summed E-state index contributed by atoms with van der Waals surface area (Å²) in [7, 11) is 1.71. The third kappa shape index (κ3) is 9.00. The zero-order valence-electron chi connectivity index (χ0n) is 25.5. The van der Waals surface area contributed by atoms with Gasteiger partial charge in [0, 0.05) is 20.1 Å². The predicted octanol–water partition coefficient (Wildman–Crippen LogP) is 1.88. The molecule has 41 heavy (non-hydrogen) atoms. The van der Waals surface area contributed by atoms with Gasteiger partial charge in [-0.1, -0.05) is 53.9 Å². The van der Waals surface area contributed by atoms with Crippen LogP contribution in [0.25, 0.3) is 0 Å². The number of Topliss-reactive ketones (excluding diaryl/α,β-unsaturated/α-hetero) is 1. The highest BCUT2D eigenvalue weighted by atomic mass is 16.2. The molecule has 11 nitrogen and oxygen atoms in total. The minimum absolute atomic E-state index is 0.0515. The number of rotatable bonds is 13. The van der Waals surface area contributed by atoms with Crippen LogP contribution in [0.1, 0.15) is 79.6 Å². The number of likely N-dealkylation sites (N-methyl/N-ethyl adjacent to an activating group) is 1. The molecule has 4 atom stereocenters. The van der Waals surface area contributed by atoms with Gasteiger partial charge in [0.05, 0.1) is 12.6 Å². The molecule has 4 unspecified atom stereocenters. The second-order valence-electron chi connectivity index (χ2n) is 13.7. The highest BCUT2D eigenvalue weighted by Crippen LogP contribution is 2.33. The highest BCUT2D eigenvalue weighted by molar-refractivity contribution is 6.28. The maximum atomic E-state index is 14.0. The van der Waals surface area contributed by atoms with E-state index in [0.29, 0.717) is 37.8 Å². The lowest BCUT2D eigenvalue weighted by molar-refractivity contribution is -0.142. The van der Waals surface area contributed by atoms with Crippen molar-refractivity contribution >= 4 is 35.8 Å². The van der Waals surface area contributed by atoms with Crippen LogP contribution in [0.5, 0.6) is 0 Å². The third-order valence-corrected chi connectivity index (χ3v) is 8.88. The van der Waals surface area contributed by atoms with Gasteiger partial charge in [0.15, 0.2) is 6.29 Å². The van der Waals surface area contributed by atoms with Crippen molar-refractivity contribution in [1.29, 1.82) is 0 Å². The smallest absolute Gasteiger partial charge is 0.315 e. The Bertz CT molecular complexity index is 1000. The second-order valence-corrected chi connectivity index (χ2v) is 13.7. The van der Waals surface area contributed by atoms with Crippen LogP contribution >= 0.6 is 0 Å². The van der Waals surface area contributed by atoms with Crippen LogP contribution in [-0.4, -0.2) is 90.4 Å². The van der Waals surface area contributed by atoms with Gasteiger partial charge in [-0.25, -0.2) is 4.79 Å². The van der Waals surface area contributed by atoms with Gasteiger partial charge in [-0.15, -0.1) is 0 Å². The average molecular weight is 576 g/mol. The molecule has 1 aliphatic heterocycles. The van der Waals surface area contributed by atoms with Gasteiger partial charge >= 0.3 is 6.03 Å². The fourth-order valence-electron chi connectivity index (χ4n) is 5.58. The summed E-state index contributed by atoms with van der Waals surface area (Å²) >= 11 is 0. The number of urea groups is 1. The minimum Gasteiger partial charge on any atom is -0.344 e. The summed E-state index contributed by atoms with van der Waals surface area (Å²) in [5.74, 6) is -0.641. The van der Waals surface area contributed by atoms with Gasteiger partial charge in [0.25, 0.3) is 0 Å². The van der Waals surface area contributed by atoms with E-state index in [9.17, 15) is 28.8 Å². The van der Waals surface area contributed by atoms with Gasteiger partial charge < -0.3 is 25.8 Å². The first-order chi connectivity index (χ1) is 19.2. The Labute approximate surface area is 243 Å². The Balaban J connectivity index is 1.70. The molecule has 230 valence electrons. The number of aldehydes is 1. The molecule has 5 amide bonds. The van der Waals surface area contributed by atoms with Crippen LogP contribution < -0.4 is 16.0 Å². The molecular weight excluding hydrogens is 526 g/mol. The van der Waals surface area contributed by atoms with E-state index in [2.05, 4.69) is 16.0 Å². The average Bonchev–Trinajstić information content (AvgIpc) is 3.57. The van der Waals surface area contributed by atoms with Crippen molar-refractivity contribution in [3.8, 4) is 0 Å². The van der Waals surface area contributed by atoms with Crippen molar-refractivity contribution < 1.29 is 28.8 Å². The van der Waals surface area contributed by atoms with Gasteiger partial charge in [-0.3, -0.25) is 24.0 Å². The number of amides is 5. The molecule has 3 aliphatic rings. The zero-order valence-corrected chi connectivity index (χ0v) is 25.5. The van der Waals surface area contributed by atoms with E-state index in [1.54, 1.807) is 11.9 Å². The summed E-state index contributed by atoms with van der Waals surface area (Å²) in [6, 6.07) is -3.33. The van der Waals surface area contributed by atoms with E-state index < -0.39 is 47.2 Å². The summed E-state index contributed by atoms with van der Waals surface area (Å²) < 4.78 is 0. The zero-order chi connectivity index (χ0) is 30.5. The first-order valence-electron chi connectivity index (χ1n) is 15.1. The summed E-state index contributed by atoms with van der Waals surface area (Å²) in [5.41, 5.74) is -0.696. The predicted molar refractivity (Wildman–Crippen MR) is 154 cm³/mol. The van der Waals surface area contributed by atoms with E-state index in [1.807, 2.05) is 34.6 Å². The molecule has 0 aromatic carbocycles. The Morgan fingerprint density at radius 3 is 2.17 bits per heavy atom. The van der Waals surface area contributed by atoms with E-state index in [0.717, 1.165) is 32.1 Å². The van der Waals surface area contributed by atoms with E-state index in [1.165, 1.54) is 4.90 Å².